The number of aromatic nitrogens is 3. The molecule has 0 aliphatic carbocycles. The molecule has 0 radical (unpaired) electrons. The summed E-state index contributed by atoms with van der Waals surface area (Å²) in [6.07, 6.45) is 0. The van der Waals surface area contributed by atoms with E-state index >= 15 is 0 Å². The van der Waals surface area contributed by atoms with Crippen LogP contribution in [-0.4, -0.2) is 15.0 Å². The number of rotatable bonds is 3. The van der Waals surface area contributed by atoms with Crippen molar-refractivity contribution in [2.75, 3.05) is 0 Å². The van der Waals surface area contributed by atoms with Crippen molar-refractivity contribution in [1.29, 1.82) is 0 Å². The summed E-state index contributed by atoms with van der Waals surface area (Å²) in [5.41, 5.74) is 11.9. The molecule has 1 heterocycles. The number of benzene rings is 3. The fraction of sp³-hybridized carbons (Fsp3) is 0.475. The van der Waals surface area contributed by atoms with Crippen molar-refractivity contribution in [1.82, 2.24) is 15.0 Å². The standard InChI is InChI=1S/C40H53N3/c1-24-16-25(2)26(3)33(17-24)36-42-34(27-18-29(37(4,5)6)22-30(19-27)38(7,8)9)41-35(43-36)28-20-31(39(10,11)12)23-32(21-28)40(13,14)15/h16-23H,1-15H3. The lowest BCUT2D eigenvalue weighted by molar-refractivity contribution is 0.568. The van der Waals surface area contributed by atoms with Crippen molar-refractivity contribution < 1.29 is 0 Å². The largest absolute Gasteiger partial charge is 0.208 e. The minimum atomic E-state index is -0.0123. The summed E-state index contributed by atoms with van der Waals surface area (Å²) in [7, 11) is 0. The molecule has 3 nitrogen and oxygen atoms in total. The molecule has 0 amide bonds. The lowest BCUT2D eigenvalue weighted by Gasteiger charge is -2.26. The van der Waals surface area contributed by atoms with Crippen molar-refractivity contribution in [2.24, 2.45) is 0 Å². The molecule has 4 rings (SSSR count). The van der Waals surface area contributed by atoms with Crippen molar-refractivity contribution in [3.63, 3.8) is 0 Å². The predicted molar refractivity (Wildman–Crippen MR) is 185 cm³/mol. The SMILES string of the molecule is Cc1cc(C)c(C)c(-c2nc(-c3cc(C(C)(C)C)cc(C(C)(C)C)c3)nc(-c3cc(C(C)(C)C)cc(C(C)(C)C)c3)n2)c1. The fourth-order valence-electron chi connectivity index (χ4n) is 5.27. The van der Waals surface area contributed by atoms with Gasteiger partial charge in [0, 0.05) is 16.7 Å². The molecule has 0 atom stereocenters. The Kier molecular flexibility index (Phi) is 8.33. The topological polar surface area (TPSA) is 38.7 Å². The highest BCUT2D eigenvalue weighted by molar-refractivity contribution is 5.71. The van der Waals surface area contributed by atoms with Gasteiger partial charge in [0.2, 0.25) is 0 Å². The Hall–Kier alpha value is -3.33. The van der Waals surface area contributed by atoms with Crippen molar-refractivity contribution in [3.05, 3.63) is 87.5 Å². The number of aryl methyl sites for hydroxylation is 2. The Labute approximate surface area is 261 Å². The Balaban J connectivity index is 2.12. The van der Waals surface area contributed by atoms with Crippen LogP contribution in [0.4, 0.5) is 0 Å². The van der Waals surface area contributed by atoms with Gasteiger partial charge in [0.05, 0.1) is 0 Å². The van der Waals surface area contributed by atoms with Crippen LogP contribution in [0.3, 0.4) is 0 Å². The normalized spacial score (nSPS) is 13.0. The summed E-state index contributed by atoms with van der Waals surface area (Å²) in [5, 5.41) is 0. The van der Waals surface area contributed by atoms with E-state index in [-0.39, 0.29) is 21.7 Å². The Morgan fingerprint density at radius 3 is 1.05 bits per heavy atom. The van der Waals surface area contributed by atoms with Gasteiger partial charge in [-0.3, -0.25) is 0 Å². The van der Waals surface area contributed by atoms with Crippen molar-refractivity contribution in [3.8, 4) is 34.2 Å². The maximum absolute atomic E-state index is 5.24. The van der Waals surface area contributed by atoms with Gasteiger partial charge in [-0.1, -0.05) is 107 Å². The minimum absolute atomic E-state index is 0.0123. The minimum Gasteiger partial charge on any atom is -0.208 e. The van der Waals surface area contributed by atoms with Gasteiger partial charge < -0.3 is 0 Å². The molecule has 228 valence electrons. The zero-order chi connectivity index (χ0) is 32.3. The summed E-state index contributed by atoms with van der Waals surface area (Å²) in [5.74, 6) is 2.16. The second-order valence-electron chi connectivity index (χ2n) is 16.7. The van der Waals surface area contributed by atoms with Crippen LogP contribution in [-0.2, 0) is 21.7 Å². The molecule has 3 aromatic carbocycles. The highest BCUT2D eigenvalue weighted by Crippen LogP contribution is 2.37. The van der Waals surface area contributed by atoms with Gasteiger partial charge in [-0.2, -0.15) is 0 Å². The molecule has 0 spiro atoms. The quantitative estimate of drug-likeness (QED) is 0.244. The third-order valence-corrected chi connectivity index (χ3v) is 8.53. The smallest absolute Gasteiger partial charge is 0.164 e. The first-order chi connectivity index (χ1) is 19.5. The first-order valence-corrected chi connectivity index (χ1v) is 15.7. The van der Waals surface area contributed by atoms with E-state index < -0.39 is 0 Å². The second-order valence-corrected chi connectivity index (χ2v) is 16.7. The molecule has 3 heteroatoms. The van der Waals surface area contributed by atoms with Gasteiger partial charge in [0.1, 0.15) is 0 Å². The highest BCUT2D eigenvalue weighted by atomic mass is 15.0. The van der Waals surface area contributed by atoms with E-state index in [1.54, 1.807) is 0 Å². The molecule has 0 bridgehead atoms. The molecular formula is C40H53N3. The first-order valence-electron chi connectivity index (χ1n) is 15.7. The molecule has 0 aliphatic heterocycles. The molecule has 0 fully saturated rings. The zero-order valence-electron chi connectivity index (χ0n) is 29.5. The van der Waals surface area contributed by atoms with Crippen LogP contribution in [0.25, 0.3) is 34.2 Å². The van der Waals surface area contributed by atoms with Crippen LogP contribution in [0, 0.1) is 20.8 Å². The van der Waals surface area contributed by atoms with Gasteiger partial charge in [-0.05, 0) is 106 Å². The molecule has 4 aromatic rings. The van der Waals surface area contributed by atoms with Crippen LogP contribution in [0.2, 0.25) is 0 Å². The van der Waals surface area contributed by atoms with Crippen LogP contribution < -0.4 is 0 Å². The summed E-state index contributed by atoms with van der Waals surface area (Å²) in [4.78, 5) is 15.7. The Bertz CT molecular complexity index is 1500. The predicted octanol–water partition coefficient (Wildman–Crippen LogP) is 11.0. The number of hydrogen-bond acceptors (Lipinski definition) is 3. The second kappa shape index (κ2) is 11.0. The average Bonchev–Trinajstić information content (AvgIpc) is 2.88. The van der Waals surface area contributed by atoms with E-state index in [0.29, 0.717) is 11.6 Å². The lowest BCUT2D eigenvalue weighted by Crippen LogP contribution is -2.17. The Morgan fingerprint density at radius 2 is 0.721 bits per heavy atom. The third kappa shape index (κ3) is 7.25. The van der Waals surface area contributed by atoms with Crippen LogP contribution in [0.15, 0.2) is 48.5 Å². The van der Waals surface area contributed by atoms with Crippen LogP contribution in [0.5, 0.6) is 0 Å². The molecule has 0 aliphatic rings. The summed E-state index contributed by atoms with van der Waals surface area (Å²) in [6.45, 7) is 33.7. The molecular weight excluding hydrogens is 522 g/mol. The van der Waals surface area contributed by atoms with E-state index in [9.17, 15) is 0 Å². The molecule has 0 N–H and O–H groups in total. The van der Waals surface area contributed by atoms with E-state index in [1.807, 2.05) is 0 Å². The Morgan fingerprint density at radius 1 is 0.395 bits per heavy atom. The van der Waals surface area contributed by atoms with Gasteiger partial charge >= 0.3 is 0 Å². The van der Waals surface area contributed by atoms with E-state index in [0.717, 1.165) is 22.5 Å². The highest BCUT2D eigenvalue weighted by Gasteiger charge is 2.25. The summed E-state index contributed by atoms with van der Waals surface area (Å²) < 4.78 is 0. The molecule has 0 saturated carbocycles. The van der Waals surface area contributed by atoms with E-state index in [2.05, 4.69) is 152 Å². The van der Waals surface area contributed by atoms with Gasteiger partial charge in [-0.15, -0.1) is 0 Å². The maximum Gasteiger partial charge on any atom is 0.164 e. The van der Waals surface area contributed by atoms with Crippen molar-refractivity contribution in [2.45, 2.75) is 126 Å². The van der Waals surface area contributed by atoms with Crippen molar-refractivity contribution >= 4 is 0 Å². The van der Waals surface area contributed by atoms with E-state index in [4.69, 9.17) is 15.0 Å². The third-order valence-electron chi connectivity index (χ3n) is 8.53. The molecule has 0 saturated heterocycles. The molecule has 1 aromatic heterocycles. The van der Waals surface area contributed by atoms with Gasteiger partial charge in [-0.25, -0.2) is 15.0 Å². The lowest BCUT2D eigenvalue weighted by atomic mass is 9.79. The van der Waals surface area contributed by atoms with Crippen LogP contribution in [0.1, 0.15) is 122 Å². The number of hydrogen-bond donors (Lipinski definition) is 0. The average molecular weight is 576 g/mol. The first kappa shape index (κ1) is 32.6. The van der Waals surface area contributed by atoms with Gasteiger partial charge in [0.15, 0.2) is 17.5 Å². The van der Waals surface area contributed by atoms with Crippen LogP contribution >= 0.6 is 0 Å². The number of nitrogens with zero attached hydrogens (tertiary/aromatic N) is 3. The molecule has 43 heavy (non-hydrogen) atoms. The monoisotopic (exact) mass is 575 g/mol. The fourth-order valence-corrected chi connectivity index (χ4v) is 5.27. The van der Waals surface area contributed by atoms with Gasteiger partial charge in [0.25, 0.3) is 0 Å². The summed E-state index contributed by atoms with van der Waals surface area (Å²) in [6, 6.07) is 18.2. The van der Waals surface area contributed by atoms with E-state index in [1.165, 1.54) is 38.9 Å². The summed E-state index contributed by atoms with van der Waals surface area (Å²) >= 11 is 0. The molecule has 0 unspecified atom stereocenters. The maximum atomic E-state index is 5.24. The zero-order valence-corrected chi connectivity index (χ0v) is 29.5.